The molecule has 0 saturated carbocycles. The van der Waals surface area contributed by atoms with Crippen molar-refractivity contribution < 1.29 is 0 Å². The van der Waals surface area contributed by atoms with Crippen LogP contribution in [0.3, 0.4) is 0 Å². The Morgan fingerprint density at radius 1 is 0.246 bits per heavy atom. The van der Waals surface area contributed by atoms with Gasteiger partial charge in [-0.3, -0.25) is 0 Å². The zero-order valence-corrected chi connectivity index (χ0v) is 31.5. The van der Waals surface area contributed by atoms with E-state index in [1.807, 2.05) is 0 Å². The van der Waals surface area contributed by atoms with Gasteiger partial charge in [0.15, 0.2) is 0 Å². The summed E-state index contributed by atoms with van der Waals surface area (Å²) in [7, 11) is 0. The van der Waals surface area contributed by atoms with E-state index in [2.05, 4.69) is 241 Å². The molecule has 0 aliphatic carbocycles. The van der Waals surface area contributed by atoms with Gasteiger partial charge in [0, 0.05) is 16.9 Å². The first kappa shape index (κ1) is 34.0. The summed E-state index contributed by atoms with van der Waals surface area (Å²) in [6.07, 6.45) is 0. The first-order valence-corrected chi connectivity index (χ1v) is 19.6. The van der Waals surface area contributed by atoms with Gasteiger partial charge in [0.25, 0.3) is 0 Å². The van der Waals surface area contributed by atoms with E-state index in [0.717, 1.165) is 17.1 Å². The third-order valence-corrected chi connectivity index (χ3v) is 11.1. The van der Waals surface area contributed by atoms with Crippen molar-refractivity contribution in [3.63, 3.8) is 0 Å². The predicted molar refractivity (Wildman–Crippen MR) is 243 cm³/mol. The minimum Gasteiger partial charge on any atom is -0.310 e. The number of benzene rings is 10. The topological polar surface area (TPSA) is 3.24 Å². The molecule has 0 radical (unpaired) electrons. The Labute approximate surface area is 334 Å². The minimum atomic E-state index is 1.09. The van der Waals surface area contributed by atoms with Gasteiger partial charge in [0.05, 0.1) is 5.69 Å². The molecule has 10 aromatic carbocycles. The molecule has 1 nitrogen and oxygen atoms in total. The van der Waals surface area contributed by atoms with Crippen molar-refractivity contribution in [2.75, 3.05) is 4.90 Å². The number of anilines is 3. The Kier molecular flexibility index (Phi) is 8.95. The summed E-state index contributed by atoms with van der Waals surface area (Å²) < 4.78 is 0. The van der Waals surface area contributed by atoms with Gasteiger partial charge in [0.2, 0.25) is 0 Å². The summed E-state index contributed by atoms with van der Waals surface area (Å²) in [5.41, 5.74) is 15.2. The molecule has 0 aromatic heterocycles. The number of fused-ring (bicyclic) bond motifs is 3. The fourth-order valence-corrected chi connectivity index (χ4v) is 8.30. The number of rotatable bonds is 8. The molecule has 0 aliphatic heterocycles. The summed E-state index contributed by atoms with van der Waals surface area (Å²) in [6, 6.07) is 85.8. The standard InChI is InChI=1S/C56H39N/c1-4-16-40(17-5-1)43-30-32-45(33-31-43)51-28-15-29-55(56(51)54-39-47-22-10-11-25-50(47)52-26-12-13-27-53(52)54)57(48-36-34-44(35-37-48)41-18-6-2-7-19-41)49-24-14-23-46(38-49)42-20-8-3-9-21-42/h1-39H. The van der Waals surface area contributed by atoms with Gasteiger partial charge in [0.1, 0.15) is 0 Å². The zero-order valence-electron chi connectivity index (χ0n) is 31.5. The molecule has 0 unspecified atom stereocenters. The molecule has 268 valence electrons. The second-order valence-corrected chi connectivity index (χ2v) is 14.5. The van der Waals surface area contributed by atoms with Crippen LogP contribution in [0.2, 0.25) is 0 Å². The van der Waals surface area contributed by atoms with Crippen LogP contribution >= 0.6 is 0 Å². The van der Waals surface area contributed by atoms with Crippen LogP contribution in [-0.4, -0.2) is 0 Å². The van der Waals surface area contributed by atoms with Crippen molar-refractivity contribution in [3.8, 4) is 55.6 Å². The van der Waals surface area contributed by atoms with Crippen molar-refractivity contribution in [1.29, 1.82) is 0 Å². The van der Waals surface area contributed by atoms with Crippen molar-refractivity contribution in [1.82, 2.24) is 0 Å². The molecule has 0 aliphatic rings. The first-order valence-electron chi connectivity index (χ1n) is 19.6. The van der Waals surface area contributed by atoms with Crippen molar-refractivity contribution >= 4 is 38.6 Å². The van der Waals surface area contributed by atoms with E-state index in [1.165, 1.54) is 77.2 Å². The molecule has 1 heteroatoms. The van der Waals surface area contributed by atoms with Crippen molar-refractivity contribution in [2.45, 2.75) is 0 Å². The van der Waals surface area contributed by atoms with Crippen LogP contribution in [0, 0.1) is 0 Å². The Morgan fingerprint density at radius 2 is 0.719 bits per heavy atom. The average Bonchev–Trinajstić information content (AvgIpc) is 3.30. The van der Waals surface area contributed by atoms with E-state index >= 15 is 0 Å². The van der Waals surface area contributed by atoms with E-state index in [0.29, 0.717) is 0 Å². The number of hydrogen-bond donors (Lipinski definition) is 0. The lowest BCUT2D eigenvalue weighted by molar-refractivity contribution is 1.28. The summed E-state index contributed by atoms with van der Waals surface area (Å²) in [5, 5.41) is 4.95. The molecule has 0 fully saturated rings. The highest BCUT2D eigenvalue weighted by molar-refractivity contribution is 6.16. The van der Waals surface area contributed by atoms with E-state index in [4.69, 9.17) is 0 Å². The molecule has 0 amide bonds. The molecule has 0 atom stereocenters. The fraction of sp³-hybridized carbons (Fsp3) is 0. The summed E-state index contributed by atoms with van der Waals surface area (Å²) >= 11 is 0. The SMILES string of the molecule is c1ccc(-c2ccc(-c3cccc(N(c4ccc(-c5ccccc5)cc4)c4cccc(-c5ccccc5)c4)c3-c3cc4ccccc4c4ccccc34)cc2)cc1. The van der Waals surface area contributed by atoms with Gasteiger partial charge in [-0.25, -0.2) is 0 Å². The Hall–Kier alpha value is -7.48. The molecular weight excluding hydrogens is 687 g/mol. The third-order valence-electron chi connectivity index (χ3n) is 11.1. The lowest BCUT2D eigenvalue weighted by atomic mass is 9.87. The smallest absolute Gasteiger partial charge is 0.0546 e. The van der Waals surface area contributed by atoms with E-state index in [-0.39, 0.29) is 0 Å². The predicted octanol–water partition coefficient (Wildman–Crippen LogP) is 15.8. The van der Waals surface area contributed by atoms with Crippen LogP contribution in [0.15, 0.2) is 237 Å². The first-order chi connectivity index (χ1) is 28.3. The highest BCUT2D eigenvalue weighted by Crippen LogP contribution is 2.49. The lowest BCUT2D eigenvalue weighted by Gasteiger charge is -2.30. The molecule has 0 heterocycles. The molecule has 0 N–H and O–H groups in total. The van der Waals surface area contributed by atoms with Gasteiger partial charge in [-0.15, -0.1) is 0 Å². The molecule has 0 spiro atoms. The largest absolute Gasteiger partial charge is 0.310 e. The molecule has 10 rings (SSSR count). The summed E-state index contributed by atoms with van der Waals surface area (Å²) in [5.74, 6) is 0. The van der Waals surface area contributed by atoms with E-state index in [9.17, 15) is 0 Å². The molecular formula is C56H39N. The van der Waals surface area contributed by atoms with Crippen LogP contribution in [0.5, 0.6) is 0 Å². The number of hydrogen-bond acceptors (Lipinski definition) is 1. The van der Waals surface area contributed by atoms with Crippen LogP contribution in [0.4, 0.5) is 17.1 Å². The number of nitrogens with zero attached hydrogens (tertiary/aromatic N) is 1. The van der Waals surface area contributed by atoms with Crippen molar-refractivity contribution in [3.05, 3.63) is 237 Å². The van der Waals surface area contributed by atoms with Crippen molar-refractivity contribution in [2.24, 2.45) is 0 Å². The highest BCUT2D eigenvalue weighted by Gasteiger charge is 2.23. The van der Waals surface area contributed by atoms with Crippen LogP contribution in [0.1, 0.15) is 0 Å². The lowest BCUT2D eigenvalue weighted by Crippen LogP contribution is -2.12. The Bertz CT molecular complexity index is 2970. The maximum Gasteiger partial charge on any atom is 0.0546 e. The molecule has 10 aromatic rings. The van der Waals surface area contributed by atoms with E-state index < -0.39 is 0 Å². The van der Waals surface area contributed by atoms with E-state index in [1.54, 1.807) is 0 Å². The van der Waals surface area contributed by atoms with Gasteiger partial charge in [-0.1, -0.05) is 200 Å². The van der Waals surface area contributed by atoms with Gasteiger partial charge in [-0.2, -0.15) is 0 Å². The zero-order chi connectivity index (χ0) is 38.0. The molecule has 57 heavy (non-hydrogen) atoms. The fourth-order valence-electron chi connectivity index (χ4n) is 8.30. The second-order valence-electron chi connectivity index (χ2n) is 14.5. The Morgan fingerprint density at radius 3 is 1.37 bits per heavy atom. The Balaban J connectivity index is 1.25. The molecule has 0 bridgehead atoms. The highest BCUT2D eigenvalue weighted by atomic mass is 15.1. The normalized spacial score (nSPS) is 11.2. The minimum absolute atomic E-state index is 1.09. The van der Waals surface area contributed by atoms with Gasteiger partial charge in [-0.05, 0) is 108 Å². The maximum absolute atomic E-state index is 2.45. The van der Waals surface area contributed by atoms with Crippen LogP contribution < -0.4 is 4.90 Å². The monoisotopic (exact) mass is 725 g/mol. The van der Waals surface area contributed by atoms with Gasteiger partial charge >= 0.3 is 0 Å². The quantitative estimate of drug-likeness (QED) is 0.141. The maximum atomic E-state index is 2.45. The second kappa shape index (κ2) is 15.0. The van der Waals surface area contributed by atoms with Gasteiger partial charge < -0.3 is 4.90 Å². The van der Waals surface area contributed by atoms with Crippen LogP contribution in [0.25, 0.3) is 77.2 Å². The van der Waals surface area contributed by atoms with Crippen LogP contribution in [-0.2, 0) is 0 Å². The summed E-state index contributed by atoms with van der Waals surface area (Å²) in [4.78, 5) is 2.45. The summed E-state index contributed by atoms with van der Waals surface area (Å²) in [6.45, 7) is 0. The molecule has 0 saturated heterocycles. The average molecular weight is 726 g/mol. The third kappa shape index (κ3) is 6.56.